The second-order valence-corrected chi connectivity index (χ2v) is 6.67. The molecule has 0 bridgehead atoms. The number of amides is 1. The van der Waals surface area contributed by atoms with Crippen molar-refractivity contribution in [2.75, 3.05) is 18.9 Å². The number of rotatable bonds is 8. The van der Waals surface area contributed by atoms with Crippen LogP contribution in [0.1, 0.15) is 12.0 Å². The molecule has 1 amide bonds. The normalized spacial score (nSPS) is 10.3. The number of ether oxygens (including phenoxy) is 1. The summed E-state index contributed by atoms with van der Waals surface area (Å²) in [4.78, 5) is 12.9. The molecular weight excluding hydrogens is 330 g/mol. The minimum Gasteiger partial charge on any atom is -0.492 e. The zero-order chi connectivity index (χ0) is 16.5. The molecule has 0 aliphatic heterocycles. The summed E-state index contributed by atoms with van der Waals surface area (Å²) in [5.74, 6) is 1.57. The summed E-state index contributed by atoms with van der Waals surface area (Å²) in [5, 5.41) is 3.53. The zero-order valence-electron chi connectivity index (χ0n) is 13.0. The molecule has 3 nitrogen and oxygen atoms in total. The molecule has 1 N–H and O–H groups in total. The smallest absolute Gasteiger partial charge is 0.220 e. The van der Waals surface area contributed by atoms with Crippen LogP contribution in [-0.2, 0) is 4.79 Å². The molecule has 0 atom stereocenters. The molecular formula is C18H20ClNO2S. The van der Waals surface area contributed by atoms with Crippen LogP contribution < -0.4 is 10.1 Å². The minimum atomic E-state index is 0.0457. The lowest BCUT2D eigenvalue weighted by molar-refractivity contribution is -0.120. The summed E-state index contributed by atoms with van der Waals surface area (Å²) in [6.45, 7) is 3.00. The number of nitrogens with one attached hydrogen (secondary N) is 1. The van der Waals surface area contributed by atoms with Crippen LogP contribution in [0.15, 0.2) is 53.4 Å². The van der Waals surface area contributed by atoms with Gasteiger partial charge in [0.15, 0.2) is 0 Å². The summed E-state index contributed by atoms with van der Waals surface area (Å²) < 4.78 is 5.52. The Kier molecular flexibility index (Phi) is 7.30. The molecule has 0 fully saturated rings. The Bertz CT molecular complexity index is 614. The van der Waals surface area contributed by atoms with Gasteiger partial charge in [0, 0.05) is 22.1 Å². The Morgan fingerprint density at radius 2 is 1.83 bits per heavy atom. The first-order valence-electron chi connectivity index (χ1n) is 7.48. The highest BCUT2D eigenvalue weighted by Gasteiger charge is 2.02. The van der Waals surface area contributed by atoms with Crippen LogP contribution >= 0.6 is 23.4 Å². The molecule has 2 aromatic carbocycles. The summed E-state index contributed by atoms with van der Waals surface area (Å²) in [6, 6.07) is 15.5. The SMILES string of the molecule is Cc1ccc(SCCC(=O)NCCOc2ccc(Cl)cc2)cc1. The predicted molar refractivity (Wildman–Crippen MR) is 96.5 cm³/mol. The van der Waals surface area contributed by atoms with E-state index in [-0.39, 0.29) is 5.91 Å². The summed E-state index contributed by atoms with van der Waals surface area (Å²) in [7, 11) is 0. The molecule has 0 spiro atoms. The van der Waals surface area contributed by atoms with E-state index in [1.165, 1.54) is 10.5 Å². The standard InChI is InChI=1S/C18H20ClNO2S/c1-14-2-8-17(9-3-14)23-13-10-18(21)20-11-12-22-16-6-4-15(19)5-7-16/h2-9H,10-13H2,1H3,(H,20,21). The number of carbonyl (C=O) groups excluding carboxylic acids is 1. The van der Waals surface area contributed by atoms with Crippen molar-refractivity contribution < 1.29 is 9.53 Å². The summed E-state index contributed by atoms with van der Waals surface area (Å²) in [5.41, 5.74) is 1.24. The van der Waals surface area contributed by atoms with Gasteiger partial charge < -0.3 is 10.1 Å². The van der Waals surface area contributed by atoms with Crippen LogP contribution in [-0.4, -0.2) is 24.8 Å². The molecule has 0 saturated carbocycles. The van der Waals surface area contributed by atoms with Gasteiger partial charge in [-0.15, -0.1) is 11.8 Å². The van der Waals surface area contributed by atoms with Crippen LogP contribution in [0.5, 0.6) is 5.75 Å². The Balaban J connectivity index is 1.56. The van der Waals surface area contributed by atoms with Gasteiger partial charge in [-0.3, -0.25) is 4.79 Å². The van der Waals surface area contributed by atoms with Crippen molar-refractivity contribution in [2.24, 2.45) is 0 Å². The predicted octanol–water partition coefficient (Wildman–Crippen LogP) is 4.33. The van der Waals surface area contributed by atoms with Gasteiger partial charge in [-0.25, -0.2) is 0 Å². The monoisotopic (exact) mass is 349 g/mol. The van der Waals surface area contributed by atoms with Gasteiger partial charge in [0.05, 0.1) is 6.54 Å². The Labute approximate surface area is 146 Å². The quantitative estimate of drug-likeness (QED) is 0.569. The second kappa shape index (κ2) is 9.48. The van der Waals surface area contributed by atoms with Gasteiger partial charge in [-0.2, -0.15) is 0 Å². The Morgan fingerprint density at radius 1 is 1.13 bits per heavy atom. The third-order valence-corrected chi connectivity index (χ3v) is 4.39. The lowest BCUT2D eigenvalue weighted by Crippen LogP contribution is -2.28. The zero-order valence-corrected chi connectivity index (χ0v) is 14.6. The van der Waals surface area contributed by atoms with E-state index < -0.39 is 0 Å². The van der Waals surface area contributed by atoms with Gasteiger partial charge in [0.1, 0.15) is 12.4 Å². The van der Waals surface area contributed by atoms with Crippen LogP contribution in [0.25, 0.3) is 0 Å². The van der Waals surface area contributed by atoms with E-state index in [4.69, 9.17) is 16.3 Å². The fourth-order valence-corrected chi connectivity index (χ4v) is 2.85. The van der Waals surface area contributed by atoms with E-state index in [1.807, 2.05) is 12.1 Å². The maximum atomic E-state index is 11.7. The average molecular weight is 350 g/mol. The number of halogens is 1. The molecule has 0 unspecified atom stereocenters. The number of carbonyl (C=O) groups is 1. The average Bonchev–Trinajstić information content (AvgIpc) is 2.55. The number of hydrogen-bond donors (Lipinski definition) is 1. The molecule has 0 radical (unpaired) electrons. The lowest BCUT2D eigenvalue weighted by Gasteiger charge is -2.08. The molecule has 0 aliphatic rings. The van der Waals surface area contributed by atoms with Crippen molar-refractivity contribution in [1.82, 2.24) is 5.32 Å². The first-order chi connectivity index (χ1) is 11.1. The highest BCUT2D eigenvalue weighted by atomic mass is 35.5. The molecule has 0 heterocycles. The third kappa shape index (κ3) is 6.97. The van der Waals surface area contributed by atoms with E-state index in [0.717, 1.165) is 11.5 Å². The molecule has 0 aliphatic carbocycles. The maximum Gasteiger partial charge on any atom is 0.220 e. The molecule has 0 aromatic heterocycles. The van der Waals surface area contributed by atoms with Crippen LogP contribution in [0.2, 0.25) is 5.02 Å². The third-order valence-electron chi connectivity index (χ3n) is 3.13. The fourth-order valence-electron chi connectivity index (χ4n) is 1.87. The summed E-state index contributed by atoms with van der Waals surface area (Å²) >= 11 is 7.49. The molecule has 122 valence electrons. The minimum absolute atomic E-state index is 0.0457. The van der Waals surface area contributed by atoms with Crippen LogP contribution in [0, 0.1) is 6.92 Å². The van der Waals surface area contributed by atoms with Gasteiger partial charge in [0.2, 0.25) is 5.91 Å². The van der Waals surface area contributed by atoms with Gasteiger partial charge in [0.25, 0.3) is 0 Å². The number of hydrogen-bond acceptors (Lipinski definition) is 3. The fraction of sp³-hybridized carbons (Fsp3) is 0.278. The topological polar surface area (TPSA) is 38.3 Å². The number of aryl methyl sites for hydroxylation is 1. The van der Waals surface area contributed by atoms with E-state index in [9.17, 15) is 4.79 Å². The first-order valence-corrected chi connectivity index (χ1v) is 8.84. The molecule has 2 aromatic rings. The van der Waals surface area contributed by atoms with E-state index >= 15 is 0 Å². The summed E-state index contributed by atoms with van der Waals surface area (Å²) in [6.07, 6.45) is 0.499. The van der Waals surface area contributed by atoms with Crippen LogP contribution in [0.3, 0.4) is 0 Å². The van der Waals surface area contributed by atoms with Gasteiger partial charge in [-0.1, -0.05) is 29.3 Å². The maximum absolute atomic E-state index is 11.7. The van der Waals surface area contributed by atoms with Crippen molar-refractivity contribution in [3.63, 3.8) is 0 Å². The van der Waals surface area contributed by atoms with Crippen LogP contribution in [0.4, 0.5) is 0 Å². The van der Waals surface area contributed by atoms with Crippen molar-refractivity contribution in [2.45, 2.75) is 18.2 Å². The van der Waals surface area contributed by atoms with E-state index in [0.29, 0.717) is 24.6 Å². The number of benzene rings is 2. The molecule has 0 saturated heterocycles. The van der Waals surface area contributed by atoms with Crippen molar-refractivity contribution in [1.29, 1.82) is 0 Å². The molecule has 2 rings (SSSR count). The Hall–Kier alpha value is -1.65. The van der Waals surface area contributed by atoms with Crippen molar-refractivity contribution >= 4 is 29.3 Å². The highest BCUT2D eigenvalue weighted by Crippen LogP contribution is 2.19. The van der Waals surface area contributed by atoms with Gasteiger partial charge in [-0.05, 0) is 43.3 Å². The lowest BCUT2D eigenvalue weighted by atomic mass is 10.2. The highest BCUT2D eigenvalue weighted by molar-refractivity contribution is 7.99. The molecule has 23 heavy (non-hydrogen) atoms. The second-order valence-electron chi connectivity index (χ2n) is 5.06. The largest absolute Gasteiger partial charge is 0.492 e. The van der Waals surface area contributed by atoms with Crippen molar-refractivity contribution in [3.8, 4) is 5.75 Å². The van der Waals surface area contributed by atoms with E-state index in [1.54, 1.807) is 23.9 Å². The first kappa shape index (κ1) is 17.7. The Morgan fingerprint density at radius 3 is 2.52 bits per heavy atom. The van der Waals surface area contributed by atoms with Crippen molar-refractivity contribution in [3.05, 3.63) is 59.1 Å². The van der Waals surface area contributed by atoms with E-state index in [2.05, 4.69) is 36.5 Å². The molecule has 5 heteroatoms. The number of thioether (sulfide) groups is 1. The van der Waals surface area contributed by atoms with Gasteiger partial charge >= 0.3 is 0 Å².